The van der Waals surface area contributed by atoms with Gasteiger partial charge in [0.25, 0.3) is 0 Å². The number of aryl methyl sites for hydroxylation is 2. The Labute approximate surface area is 98.7 Å². The number of benzene rings is 1. The van der Waals surface area contributed by atoms with Crippen LogP contribution < -0.4 is 5.32 Å². The highest BCUT2D eigenvalue weighted by molar-refractivity contribution is 5.31. The van der Waals surface area contributed by atoms with Crippen LogP contribution in [-0.4, -0.2) is 17.3 Å². The largest absolute Gasteiger partial charge is 0.389 e. The van der Waals surface area contributed by atoms with Gasteiger partial charge in [-0.2, -0.15) is 0 Å². The molecule has 1 unspecified atom stereocenters. The van der Waals surface area contributed by atoms with E-state index in [9.17, 15) is 5.11 Å². The van der Waals surface area contributed by atoms with E-state index in [1.807, 2.05) is 13.8 Å². The first-order valence-corrected chi connectivity index (χ1v) is 5.82. The van der Waals surface area contributed by atoms with Gasteiger partial charge < -0.3 is 10.4 Å². The zero-order chi connectivity index (χ0) is 12.3. The third-order valence-corrected chi connectivity index (χ3v) is 2.87. The van der Waals surface area contributed by atoms with Crippen LogP contribution >= 0.6 is 0 Å². The van der Waals surface area contributed by atoms with Crippen LogP contribution in [0.25, 0.3) is 0 Å². The molecule has 16 heavy (non-hydrogen) atoms. The van der Waals surface area contributed by atoms with Crippen molar-refractivity contribution in [1.82, 2.24) is 5.32 Å². The standard InChI is InChI=1S/C14H23NO/c1-10-6-7-13(8-11(10)2)12(3)15-9-14(4,5)16/h6-8,12,15-16H,9H2,1-5H3. The quantitative estimate of drug-likeness (QED) is 0.819. The molecule has 2 heteroatoms. The molecule has 0 aliphatic rings. The van der Waals surface area contributed by atoms with Gasteiger partial charge in [0.2, 0.25) is 0 Å². The first-order chi connectivity index (χ1) is 7.29. The second-order valence-electron chi connectivity index (χ2n) is 5.26. The van der Waals surface area contributed by atoms with Gasteiger partial charge in [0, 0.05) is 12.6 Å². The van der Waals surface area contributed by atoms with Gasteiger partial charge in [-0.1, -0.05) is 18.2 Å². The molecule has 0 radical (unpaired) electrons. The van der Waals surface area contributed by atoms with E-state index < -0.39 is 5.60 Å². The molecule has 0 spiro atoms. The Morgan fingerprint density at radius 1 is 1.25 bits per heavy atom. The molecule has 0 aliphatic heterocycles. The third-order valence-electron chi connectivity index (χ3n) is 2.87. The average Bonchev–Trinajstić information content (AvgIpc) is 2.17. The van der Waals surface area contributed by atoms with Crippen LogP contribution in [0.2, 0.25) is 0 Å². The van der Waals surface area contributed by atoms with Gasteiger partial charge in [0.15, 0.2) is 0 Å². The minimum Gasteiger partial charge on any atom is -0.389 e. The summed E-state index contributed by atoms with van der Waals surface area (Å²) in [6.45, 7) is 10.6. The summed E-state index contributed by atoms with van der Waals surface area (Å²) in [5, 5.41) is 13.0. The van der Waals surface area contributed by atoms with E-state index in [-0.39, 0.29) is 6.04 Å². The lowest BCUT2D eigenvalue weighted by atomic mass is 10.0. The Kier molecular flexibility index (Phi) is 4.11. The molecule has 0 heterocycles. The monoisotopic (exact) mass is 221 g/mol. The highest BCUT2D eigenvalue weighted by Crippen LogP contribution is 2.17. The Morgan fingerprint density at radius 2 is 1.88 bits per heavy atom. The predicted molar refractivity (Wildman–Crippen MR) is 68.6 cm³/mol. The van der Waals surface area contributed by atoms with E-state index in [0.29, 0.717) is 6.54 Å². The molecule has 0 aliphatic carbocycles. The maximum absolute atomic E-state index is 9.65. The number of nitrogens with one attached hydrogen (secondary N) is 1. The molecule has 90 valence electrons. The van der Waals surface area contributed by atoms with Crippen molar-refractivity contribution in [1.29, 1.82) is 0 Å². The number of aliphatic hydroxyl groups is 1. The SMILES string of the molecule is Cc1ccc(C(C)NCC(C)(C)O)cc1C. The molecule has 0 fully saturated rings. The van der Waals surface area contributed by atoms with Gasteiger partial charge >= 0.3 is 0 Å². The molecule has 2 N–H and O–H groups in total. The van der Waals surface area contributed by atoms with E-state index in [1.165, 1.54) is 16.7 Å². The lowest BCUT2D eigenvalue weighted by Crippen LogP contribution is -2.36. The Balaban J connectivity index is 2.66. The van der Waals surface area contributed by atoms with Crippen molar-refractivity contribution in [3.05, 3.63) is 34.9 Å². The summed E-state index contributed by atoms with van der Waals surface area (Å²) in [6.07, 6.45) is 0. The fourth-order valence-electron chi connectivity index (χ4n) is 1.55. The molecule has 2 nitrogen and oxygen atoms in total. The second kappa shape index (κ2) is 4.98. The molecule has 0 aromatic heterocycles. The Hall–Kier alpha value is -0.860. The summed E-state index contributed by atoms with van der Waals surface area (Å²) < 4.78 is 0. The van der Waals surface area contributed by atoms with Gasteiger partial charge in [-0.15, -0.1) is 0 Å². The van der Waals surface area contributed by atoms with Crippen LogP contribution in [-0.2, 0) is 0 Å². The molecule has 1 rings (SSSR count). The van der Waals surface area contributed by atoms with Crippen LogP contribution in [0.3, 0.4) is 0 Å². The van der Waals surface area contributed by atoms with E-state index in [0.717, 1.165) is 0 Å². The minimum atomic E-state index is -0.659. The van der Waals surface area contributed by atoms with Crippen molar-refractivity contribution in [3.8, 4) is 0 Å². The van der Waals surface area contributed by atoms with Gasteiger partial charge in [-0.05, 0) is 51.3 Å². The normalized spacial score (nSPS) is 13.9. The van der Waals surface area contributed by atoms with Crippen LogP contribution in [0.4, 0.5) is 0 Å². The molecule has 0 bridgehead atoms. The lowest BCUT2D eigenvalue weighted by Gasteiger charge is -2.22. The fourth-order valence-corrected chi connectivity index (χ4v) is 1.55. The summed E-state index contributed by atoms with van der Waals surface area (Å²) in [4.78, 5) is 0. The van der Waals surface area contributed by atoms with Gasteiger partial charge in [0.1, 0.15) is 0 Å². The van der Waals surface area contributed by atoms with Crippen molar-refractivity contribution in [2.45, 2.75) is 46.3 Å². The van der Waals surface area contributed by atoms with Crippen LogP contribution in [0.15, 0.2) is 18.2 Å². The number of hydrogen-bond acceptors (Lipinski definition) is 2. The molecule has 1 atom stereocenters. The maximum atomic E-state index is 9.65. The molecule has 0 saturated carbocycles. The first-order valence-electron chi connectivity index (χ1n) is 5.82. The van der Waals surface area contributed by atoms with Gasteiger partial charge in [-0.3, -0.25) is 0 Å². The summed E-state index contributed by atoms with van der Waals surface area (Å²) in [6, 6.07) is 6.76. The molecular weight excluding hydrogens is 198 g/mol. The van der Waals surface area contributed by atoms with Crippen molar-refractivity contribution in [3.63, 3.8) is 0 Å². The van der Waals surface area contributed by atoms with E-state index in [4.69, 9.17) is 0 Å². The molecule has 1 aromatic rings. The van der Waals surface area contributed by atoms with Crippen LogP contribution in [0.5, 0.6) is 0 Å². The summed E-state index contributed by atoms with van der Waals surface area (Å²) in [7, 11) is 0. The summed E-state index contributed by atoms with van der Waals surface area (Å²) >= 11 is 0. The summed E-state index contributed by atoms with van der Waals surface area (Å²) in [5.41, 5.74) is 3.24. The third kappa shape index (κ3) is 3.95. The van der Waals surface area contributed by atoms with E-state index in [1.54, 1.807) is 0 Å². The van der Waals surface area contributed by atoms with E-state index >= 15 is 0 Å². The van der Waals surface area contributed by atoms with Crippen LogP contribution in [0, 0.1) is 13.8 Å². The topological polar surface area (TPSA) is 32.3 Å². The van der Waals surface area contributed by atoms with Crippen LogP contribution in [0.1, 0.15) is 43.5 Å². The predicted octanol–water partition coefficient (Wildman–Crippen LogP) is 2.72. The highest BCUT2D eigenvalue weighted by atomic mass is 16.3. The fraction of sp³-hybridized carbons (Fsp3) is 0.571. The first kappa shape index (κ1) is 13.2. The Morgan fingerprint density at radius 3 is 2.38 bits per heavy atom. The van der Waals surface area contributed by atoms with Crippen molar-refractivity contribution in [2.24, 2.45) is 0 Å². The molecule has 0 amide bonds. The number of rotatable bonds is 4. The maximum Gasteiger partial charge on any atom is 0.0715 e. The molecule has 0 saturated heterocycles. The average molecular weight is 221 g/mol. The second-order valence-corrected chi connectivity index (χ2v) is 5.26. The highest BCUT2D eigenvalue weighted by Gasteiger charge is 2.14. The zero-order valence-corrected chi connectivity index (χ0v) is 11.0. The lowest BCUT2D eigenvalue weighted by molar-refractivity contribution is 0.0770. The Bertz CT molecular complexity index is 352. The van der Waals surface area contributed by atoms with E-state index in [2.05, 4.69) is 44.3 Å². The van der Waals surface area contributed by atoms with Gasteiger partial charge in [0.05, 0.1) is 5.60 Å². The minimum absolute atomic E-state index is 0.269. The van der Waals surface area contributed by atoms with Crippen molar-refractivity contribution in [2.75, 3.05) is 6.54 Å². The van der Waals surface area contributed by atoms with Crippen molar-refractivity contribution < 1.29 is 5.11 Å². The molecular formula is C14H23NO. The van der Waals surface area contributed by atoms with Crippen molar-refractivity contribution >= 4 is 0 Å². The molecule has 1 aromatic carbocycles. The number of hydrogen-bond donors (Lipinski definition) is 2. The summed E-state index contributed by atoms with van der Waals surface area (Å²) in [5.74, 6) is 0. The van der Waals surface area contributed by atoms with Gasteiger partial charge in [-0.25, -0.2) is 0 Å². The smallest absolute Gasteiger partial charge is 0.0715 e. The zero-order valence-electron chi connectivity index (χ0n) is 11.0.